The molecule has 1 unspecified atom stereocenters. The molecule has 0 bridgehead atoms. The smallest absolute Gasteiger partial charge is 0.180 e. The number of para-hydroxylation sites is 1. The van der Waals surface area contributed by atoms with Crippen LogP contribution in [0, 0.1) is 5.92 Å². The van der Waals surface area contributed by atoms with Crippen molar-refractivity contribution in [3.8, 4) is 0 Å². The molecule has 2 N–H and O–H groups in total. The average molecular weight is 572 g/mol. The van der Waals surface area contributed by atoms with Crippen LogP contribution in [0.25, 0.3) is 22.1 Å². The van der Waals surface area contributed by atoms with Crippen LogP contribution in [0.5, 0.6) is 0 Å². The van der Waals surface area contributed by atoms with Crippen LogP contribution in [-0.2, 0) is 6.42 Å². The highest BCUT2D eigenvalue weighted by Crippen LogP contribution is 2.28. The van der Waals surface area contributed by atoms with Gasteiger partial charge < -0.3 is 10.3 Å². The van der Waals surface area contributed by atoms with E-state index in [4.69, 9.17) is 9.97 Å². The van der Waals surface area contributed by atoms with Crippen molar-refractivity contribution in [3.05, 3.63) is 89.9 Å². The number of allylic oxidation sites excluding steroid dienone is 6. The van der Waals surface area contributed by atoms with Crippen molar-refractivity contribution in [2.75, 3.05) is 11.9 Å². The number of nitrogens with zero attached hydrogens (tertiary/aromatic N) is 3. The molecule has 6 heteroatoms. The van der Waals surface area contributed by atoms with E-state index >= 15 is 0 Å². The van der Waals surface area contributed by atoms with Crippen molar-refractivity contribution in [2.24, 2.45) is 5.92 Å². The molecule has 0 amide bonds. The van der Waals surface area contributed by atoms with Crippen molar-refractivity contribution >= 4 is 27.9 Å². The molecule has 4 aromatic rings. The molecule has 0 aliphatic carbocycles. The molecule has 0 radical (unpaired) electrons. The molecule has 0 fully saturated rings. The SMILES string of the molecule is CCC(C)CC.C\C=C(F)/C=C(\C=C\CC)c1cn2c(C(C)CCC)cnc2c(NCCc2c[nH]c3ccccc23)n1. The largest absolute Gasteiger partial charge is 0.367 e. The molecule has 42 heavy (non-hydrogen) atoms. The summed E-state index contributed by atoms with van der Waals surface area (Å²) in [7, 11) is 0. The average Bonchev–Trinajstić information content (AvgIpc) is 3.63. The van der Waals surface area contributed by atoms with Gasteiger partial charge in [-0.2, -0.15) is 0 Å². The normalized spacial score (nSPS) is 13.3. The molecule has 3 heterocycles. The summed E-state index contributed by atoms with van der Waals surface area (Å²) in [6, 6.07) is 8.33. The lowest BCUT2D eigenvalue weighted by molar-refractivity contribution is 0.544. The molecule has 226 valence electrons. The molecule has 0 saturated carbocycles. The molecule has 1 atom stereocenters. The maximum absolute atomic E-state index is 14.3. The summed E-state index contributed by atoms with van der Waals surface area (Å²) in [6.07, 6.45) is 19.5. The lowest BCUT2D eigenvalue weighted by Crippen LogP contribution is -2.10. The summed E-state index contributed by atoms with van der Waals surface area (Å²) in [5, 5.41) is 4.76. The minimum Gasteiger partial charge on any atom is -0.367 e. The van der Waals surface area contributed by atoms with E-state index in [0.29, 0.717) is 24.0 Å². The highest BCUT2D eigenvalue weighted by atomic mass is 19.1. The number of rotatable bonds is 13. The first-order valence-corrected chi connectivity index (χ1v) is 15.7. The van der Waals surface area contributed by atoms with E-state index in [0.717, 1.165) is 54.0 Å². The summed E-state index contributed by atoms with van der Waals surface area (Å²) in [4.78, 5) is 13.0. The van der Waals surface area contributed by atoms with Gasteiger partial charge in [0.25, 0.3) is 0 Å². The van der Waals surface area contributed by atoms with Crippen LogP contribution in [0.3, 0.4) is 0 Å². The Hall–Kier alpha value is -3.67. The van der Waals surface area contributed by atoms with Crippen LogP contribution < -0.4 is 5.32 Å². The first-order valence-electron chi connectivity index (χ1n) is 15.7. The highest BCUT2D eigenvalue weighted by Gasteiger charge is 2.17. The fourth-order valence-corrected chi connectivity index (χ4v) is 4.84. The van der Waals surface area contributed by atoms with Crippen molar-refractivity contribution in [1.29, 1.82) is 0 Å². The Morgan fingerprint density at radius 1 is 1.12 bits per heavy atom. The summed E-state index contributed by atoms with van der Waals surface area (Å²) >= 11 is 0. The summed E-state index contributed by atoms with van der Waals surface area (Å²) in [5.41, 5.74) is 5.77. The van der Waals surface area contributed by atoms with Gasteiger partial charge in [-0.15, -0.1) is 0 Å². The van der Waals surface area contributed by atoms with E-state index in [9.17, 15) is 4.39 Å². The Morgan fingerprint density at radius 2 is 1.88 bits per heavy atom. The van der Waals surface area contributed by atoms with Crippen LogP contribution in [0.2, 0.25) is 0 Å². The second-order valence-electron chi connectivity index (χ2n) is 11.1. The molecule has 0 aliphatic heterocycles. The first-order chi connectivity index (χ1) is 20.4. The maximum atomic E-state index is 14.3. The van der Waals surface area contributed by atoms with Gasteiger partial charge in [-0.1, -0.05) is 97.2 Å². The third-order valence-corrected chi connectivity index (χ3v) is 7.90. The predicted octanol–water partition coefficient (Wildman–Crippen LogP) is 10.4. The fourth-order valence-electron chi connectivity index (χ4n) is 4.84. The number of imidazole rings is 1. The first kappa shape index (κ1) is 32.8. The number of halogens is 1. The number of nitrogens with one attached hydrogen (secondary N) is 2. The van der Waals surface area contributed by atoms with Gasteiger partial charge in [-0.05, 0) is 55.7 Å². The van der Waals surface area contributed by atoms with Gasteiger partial charge in [-0.25, -0.2) is 14.4 Å². The highest BCUT2D eigenvalue weighted by molar-refractivity contribution is 5.83. The molecular weight excluding hydrogens is 521 g/mol. The Morgan fingerprint density at radius 3 is 2.55 bits per heavy atom. The van der Waals surface area contributed by atoms with Crippen molar-refractivity contribution in [2.45, 2.75) is 92.9 Å². The number of aromatic nitrogens is 4. The van der Waals surface area contributed by atoms with E-state index in [-0.39, 0.29) is 5.83 Å². The third-order valence-electron chi connectivity index (χ3n) is 7.90. The van der Waals surface area contributed by atoms with Gasteiger partial charge in [0.15, 0.2) is 11.5 Å². The topological polar surface area (TPSA) is 58.0 Å². The molecule has 3 aromatic heterocycles. The molecule has 0 aliphatic rings. The number of H-pyrrole nitrogens is 1. The number of hydrogen-bond acceptors (Lipinski definition) is 3. The number of hydrogen-bond donors (Lipinski definition) is 2. The zero-order valence-corrected chi connectivity index (χ0v) is 26.7. The van der Waals surface area contributed by atoms with Crippen molar-refractivity contribution < 1.29 is 4.39 Å². The van der Waals surface area contributed by atoms with Crippen LogP contribution in [0.4, 0.5) is 10.2 Å². The van der Waals surface area contributed by atoms with Gasteiger partial charge in [0.05, 0.1) is 5.69 Å². The molecule has 4 rings (SSSR count). The van der Waals surface area contributed by atoms with Gasteiger partial charge in [-0.3, -0.25) is 4.40 Å². The minimum atomic E-state index is -0.285. The number of benzene rings is 1. The van der Waals surface area contributed by atoms with Crippen LogP contribution in [0.1, 0.15) is 103 Å². The molecule has 1 aromatic carbocycles. The van der Waals surface area contributed by atoms with E-state index in [1.54, 1.807) is 13.0 Å². The lowest BCUT2D eigenvalue weighted by Gasteiger charge is -2.14. The van der Waals surface area contributed by atoms with E-state index < -0.39 is 0 Å². The zero-order chi connectivity index (χ0) is 30.5. The van der Waals surface area contributed by atoms with Crippen molar-refractivity contribution in [1.82, 2.24) is 19.4 Å². The quantitative estimate of drug-likeness (QED) is 0.157. The predicted molar refractivity (Wildman–Crippen MR) is 179 cm³/mol. The Kier molecular flexibility index (Phi) is 13.1. The minimum absolute atomic E-state index is 0.285. The summed E-state index contributed by atoms with van der Waals surface area (Å²) in [5.74, 6) is 1.71. The Bertz CT molecular complexity index is 1490. The van der Waals surface area contributed by atoms with E-state index in [2.05, 4.69) is 80.6 Å². The summed E-state index contributed by atoms with van der Waals surface area (Å²) < 4.78 is 16.5. The summed E-state index contributed by atoms with van der Waals surface area (Å²) in [6.45, 7) is 15.6. The van der Waals surface area contributed by atoms with Crippen LogP contribution >= 0.6 is 0 Å². The lowest BCUT2D eigenvalue weighted by atomic mass is 10.0. The zero-order valence-electron chi connectivity index (χ0n) is 26.7. The number of fused-ring (bicyclic) bond motifs is 2. The van der Waals surface area contributed by atoms with Crippen LogP contribution in [0.15, 0.2) is 73.0 Å². The maximum Gasteiger partial charge on any atom is 0.180 e. The molecular formula is C36H50FN5. The Balaban J connectivity index is 0.000000730. The molecule has 0 spiro atoms. The van der Waals surface area contributed by atoms with Gasteiger partial charge >= 0.3 is 0 Å². The molecule has 0 saturated heterocycles. The van der Waals surface area contributed by atoms with E-state index in [1.165, 1.54) is 29.9 Å². The van der Waals surface area contributed by atoms with Gasteiger partial charge in [0, 0.05) is 47.3 Å². The van der Waals surface area contributed by atoms with Gasteiger partial charge in [0.2, 0.25) is 0 Å². The molecule has 5 nitrogen and oxygen atoms in total. The standard InChI is InChI=1S/C30H36FN5.C6H14/c1-5-8-12-22(17-24(31)7-3)27-20-36-28(21(4)11-6-2)19-34-30(36)29(35-27)32-16-15-23-18-33-26-14-10-9-13-25(23)26;1-4-6(3)5-2/h7-10,12-14,17-21,33H,5-6,11,15-16H2,1-4H3,(H,32,35);6H,4-5H2,1-3H3/b12-8+,22-17+,24-7+;. The van der Waals surface area contributed by atoms with Crippen LogP contribution in [-0.4, -0.2) is 25.9 Å². The van der Waals surface area contributed by atoms with E-state index in [1.807, 2.05) is 30.6 Å². The Labute approximate surface area is 252 Å². The second kappa shape index (κ2) is 16.7. The monoisotopic (exact) mass is 571 g/mol. The second-order valence-corrected chi connectivity index (χ2v) is 11.1. The third kappa shape index (κ3) is 8.67. The number of anilines is 1. The number of aromatic amines is 1. The van der Waals surface area contributed by atoms with Gasteiger partial charge in [0.1, 0.15) is 5.83 Å². The fraction of sp³-hybridized carbons (Fsp3) is 0.444. The van der Waals surface area contributed by atoms with Crippen molar-refractivity contribution in [3.63, 3.8) is 0 Å².